The Morgan fingerprint density at radius 3 is 2.50 bits per heavy atom. The highest BCUT2D eigenvalue weighted by Crippen LogP contribution is 2.11. The fraction of sp³-hybridized carbons (Fsp3) is 0.300. The van der Waals surface area contributed by atoms with Gasteiger partial charge in [-0.05, 0) is 24.1 Å². The van der Waals surface area contributed by atoms with Crippen molar-refractivity contribution in [1.29, 1.82) is 0 Å². The summed E-state index contributed by atoms with van der Waals surface area (Å²) in [4.78, 5) is 10.5. The highest BCUT2D eigenvalue weighted by Gasteiger charge is 2.08. The number of primary amides is 1. The van der Waals surface area contributed by atoms with E-state index in [-0.39, 0.29) is 6.42 Å². The first-order valence-electron chi connectivity index (χ1n) is 4.28. The molecule has 0 aromatic heterocycles. The van der Waals surface area contributed by atoms with Crippen LogP contribution >= 0.6 is 11.6 Å². The number of aliphatic hydroxyl groups is 1. The number of nitrogens with two attached hydrogens (primary N) is 1. The Kier molecular flexibility index (Phi) is 3.92. The minimum atomic E-state index is -0.714. The van der Waals surface area contributed by atoms with E-state index in [9.17, 15) is 9.90 Å². The molecule has 0 fully saturated rings. The fourth-order valence-electron chi connectivity index (χ4n) is 1.20. The summed E-state index contributed by atoms with van der Waals surface area (Å²) in [7, 11) is 0. The molecule has 0 radical (unpaired) electrons. The van der Waals surface area contributed by atoms with Gasteiger partial charge in [0.05, 0.1) is 12.5 Å². The maximum atomic E-state index is 10.5. The van der Waals surface area contributed by atoms with Crippen molar-refractivity contribution in [2.45, 2.75) is 18.9 Å². The minimum absolute atomic E-state index is 0.0113. The lowest BCUT2D eigenvalue weighted by Gasteiger charge is -2.07. The van der Waals surface area contributed by atoms with Crippen LogP contribution in [0.15, 0.2) is 24.3 Å². The number of carbonyl (C=O) groups excluding carboxylic acids is 1. The molecule has 0 heterocycles. The van der Waals surface area contributed by atoms with Crippen molar-refractivity contribution in [3.63, 3.8) is 0 Å². The number of halogens is 1. The smallest absolute Gasteiger partial charge is 0.220 e. The van der Waals surface area contributed by atoms with Crippen molar-refractivity contribution in [2.75, 3.05) is 0 Å². The van der Waals surface area contributed by atoms with Gasteiger partial charge in [0.1, 0.15) is 0 Å². The van der Waals surface area contributed by atoms with Crippen molar-refractivity contribution in [3.8, 4) is 0 Å². The Labute approximate surface area is 87.5 Å². The zero-order valence-corrected chi connectivity index (χ0v) is 8.37. The molecule has 4 heteroatoms. The zero-order chi connectivity index (χ0) is 10.6. The fourth-order valence-corrected chi connectivity index (χ4v) is 1.32. The van der Waals surface area contributed by atoms with Gasteiger partial charge in [0.15, 0.2) is 0 Å². The van der Waals surface area contributed by atoms with E-state index in [2.05, 4.69) is 0 Å². The predicted octanol–water partition coefficient (Wildman–Crippen LogP) is 1.12. The van der Waals surface area contributed by atoms with E-state index < -0.39 is 12.0 Å². The molecule has 1 amide bonds. The van der Waals surface area contributed by atoms with Gasteiger partial charge >= 0.3 is 0 Å². The van der Waals surface area contributed by atoms with Gasteiger partial charge in [-0.2, -0.15) is 0 Å². The summed E-state index contributed by atoms with van der Waals surface area (Å²) in [5.74, 6) is -0.494. The number of aliphatic hydroxyl groups excluding tert-OH is 1. The summed E-state index contributed by atoms with van der Waals surface area (Å²) in [6, 6.07) is 7.11. The quantitative estimate of drug-likeness (QED) is 0.787. The number of benzene rings is 1. The molecular weight excluding hydrogens is 202 g/mol. The Morgan fingerprint density at radius 1 is 1.43 bits per heavy atom. The van der Waals surface area contributed by atoms with Gasteiger partial charge in [-0.3, -0.25) is 4.79 Å². The molecular formula is C10H12ClNO2. The van der Waals surface area contributed by atoms with Crippen LogP contribution in [0.2, 0.25) is 5.02 Å². The number of rotatable bonds is 4. The first-order chi connectivity index (χ1) is 6.58. The van der Waals surface area contributed by atoms with Crippen molar-refractivity contribution >= 4 is 17.5 Å². The zero-order valence-electron chi connectivity index (χ0n) is 7.61. The van der Waals surface area contributed by atoms with Crippen LogP contribution in [0, 0.1) is 0 Å². The lowest BCUT2D eigenvalue weighted by Crippen LogP contribution is -2.21. The molecule has 1 aromatic carbocycles. The molecule has 1 unspecified atom stereocenters. The molecule has 1 aromatic rings. The van der Waals surface area contributed by atoms with E-state index in [4.69, 9.17) is 17.3 Å². The van der Waals surface area contributed by atoms with Gasteiger partial charge in [-0.15, -0.1) is 0 Å². The molecule has 0 aliphatic rings. The average molecular weight is 214 g/mol. The number of amides is 1. The van der Waals surface area contributed by atoms with E-state index in [1.165, 1.54) is 0 Å². The van der Waals surface area contributed by atoms with Crippen molar-refractivity contribution in [2.24, 2.45) is 5.73 Å². The molecule has 0 saturated heterocycles. The largest absolute Gasteiger partial charge is 0.392 e. The van der Waals surface area contributed by atoms with Crippen molar-refractivity contribution in [1.82, 2.24) is 0 Å². The predicted molar refractivity (Wildman–Crippen MR) is 55.0 cm³/mol. The third kappa shape index (κ3) is 3.77. The molecule has 3 N–H and O–H groups in total. The van der Waals surface area contributed by atoms with E-state index in [1.807, 2.05) is 12.1 Å². The molecule has 1 rings (SSSR count). The molecule has 76 valence electrons. The molecule has 14 heavy (non-hydrogen) atoms. The molecule has 0 aliphatic heterocycles. The number of hydrogen-bond acceptors (Lipinski definition) is 2. The molecule has 0 aliphatic carbocycles. The third-order valence-electron chi connectivity index (χ3n) is 1.82. The average Bonchev–Trinajstić information content (AvgIpc) is 2.07. The molecule has 0 saturated carbocycles. The van der Waals surface area contributed by atoms with Gasteiger partial charge < -0.3 is 10.8 Å². The van der Waals surface area contributed by atoms with Crippen LogP contribution in [0.25, 0.3) is 0 Å². The van der Waals surface area contributed by atoms with Crippen LogP contribution in [0.1, 0.15) is 12.0 Å². The van der Waals surface area contributed by atoms with E-state index in [0.29, 0.717) is 11.4 Å². The highest BCUT2D eigenvalue weighted by atomic mass is 35.5. The Balaban J connectivity index is 2.51. The van der Waals surface area contributed by atoms with Crippen LogP contribution in [0.5, 0.6) is 0 Å². The van der Waals surface area contributed by atoms with Crippen LogP contribution in [-0.2, 0) is 11.2 Å². The highest BCUT2D eigenvalue weighted by molar-refractivity contribution is 6.30. The molecule has 3 nitrogen and oxygen atoms in total. The lowest BCUT2D eigenvalue weighted by molar-refractivity contribution is -0.119. The number of carbonyl (C=O) groups is 1. The summed E-state index contributed by atoms with van der Waals surface area (Å²) < 4.78 is 0. The maximum absolute atomic E-state index is 10.5. The first-order valence-corrected chi connectivity index (χ1v) is 4.66. The summed E-state index contributed by atoms with van der Waals surface area (Å²) in [6.07, 6.45) is -0.309. The van der Waals surface area contributed by atoms with Crippen LogP contribution < -0.4 is 5.73 Å². The van der Waals surface area contributed by atoms with Crippen molar-refractivity contribution in [3.05, 3.63) is 34.9 Å². The summed E-state index contributed by atoms with van der Waals surface area (Å²) in [5.41, 5.74) is 5.88. The van der Waals surface area contributed by atoms with Crippen LogP contribution in [-0.4, -0.2) is 17.1 Å². The van der Waals surface area contributed by atoms with Crippen molar-refractivity contribution < 1.29 is 9.90 Å². The second-order valence-electron chi connectivity index (χ2n) is 3.15. The second kappa shape index (κ2) is 4.98. The standard InChI is InChI=1S/C10H12ClNO2/c11-8-3-1-7(2-4-8)5-9(13)6-10(12)14/h1-4,9,13H,5-6H2,(H2,12,14). The van der Waals surface area contributed by atoms with E-state index in [0.717, 1.165) is 5.56 Å². The van der Waals surface area contributed by atoms with E-state index in [1.54, 1.807) is 12.1 Å². The lowest BCUT2D eigenvalue weighted by atomic mass is 10.1. The minimum Gasteiger partial charge on any atom is -0.392 e. The number of hydrogen-bond donors (Lipinski definition) is 2. The van der Waals surface area contributed by atoms with E-state index >= 15 is 0 Å². The molecule has 1 atom stereocenters. The Morgan fingerprint density at radius 2 is 2.00 bits per heavy atom. The molecule has 0 spiro atoms. The SMILES string of the molecule is NC(=O)CC(O)Cc1ccc(Cl)cc1. The third-order valence-corrected chi connectivity index (χ3v) is 2.07. The van der Waals surface area contributed by atoms with Gasteiger partial charge in [-0.25, -0.2) is 0 Å². The topological polar surface area (TPSA) is 63.3 Å². The second-order valence-corrected chi connectivity index (χ2v) is 3.59. The maximum Gasteiger partial charge on any atom is 0.220 e. The summed E-state index contributed by atoms with van der Waals surface area (Å²) >= 11 is 5.70. The summed E-state index contributed by atoms with van der Waals surface area (Å²) in [6.45, 7) is 0. The first kappa shape index (κ1) is 11.0. The van der Waals surface area contributed by atoms with Crippen LogP contribution in [0.4, 0.5) is 0 Å². The van der Waals surface area contributed by atoms with Gasteiger partial charge in [-0.1, -0.05) is 23.7 Å². The van der Waals surface area contributed by atoms with Gasteiger partial charge in [0.25, 0.3) is 0 Å². The Hall–Kier alpha value is -1.06. The normalized spacial score (nSPS) is 12.4. The van der Waals surface area contributed by atoms with Gasteiger partial charge in [0, 0.05) is 5.02 Å². The molecule has 0 bridgehead atoms. The van der Waals surface area contributed by atoms with Gasteiger partial charge in [0.2, 0.25) is 5.91 Å². The Bertz CT molecular complexity index is 310. The summed E-state index contributed by atoms with van der Waals surface area (Å²) in [5, 5.41) is 10.1. The van der Waals surface area contributed by atoms with Crippen LogP contribution in [0.3, 0.4) is 0 Å². The monoisotopic (exact) mass is 213 g/mol.